The van der Waals surface area contributed by atoms with Crippen LogP contribution in [0.5, 0.6) is 0 Å². The van der Waals surface area contributed by atoms with Crippen LogP contribution in [-0.4, -0.2) is 28.0 Å². The third kappa shape index (κ3) is 1.30. The quantitative estimate of drug-likeness (QED) is 0.479. The van der Waals surface area contributed by atoms with E-state index in [4.69, 9.17) is 9.84 Å². The van der Waals surface area contributed by atoms with Gasteiger partial charge in [0, 0.05) is 28.3 Å². The summed E-state index contributed by atoms with van der Waals surface area (Å²) in [6, 6.07) is 0. The Balaban J connectivity index is 0.000000853. The minimum atomic E-state index is -0.857. The number of fused-ring (bicyclic) bond motifs is 1. The number of hydrogen-bond acceptors (Lipinski definition) is 3. The van der Waals surface area contributed by atoms with E-state index in [2.05, 4.69) is 15.9 Å². The van der Waals surface area contributed by atoms with Crippen molar-refractivity contribution in [3.63, 3.8) is 0 Å². The summed E-state index contributed by atoms with van der Waals surface area (Å²) in [4.78, 5) is 22.5. The summed E-state index contributed by atoms with van der Waals surface area (Å²) in [7, 11) is 0. The molecule has 0 aromatic heterocycles. The number of rotatable bonds is 1. The summed E-state index contributed by atoms with van der Waals surface area (Å²) in [5.74, 6) is -1.87. The van der Waals surface area contributed by atoms with E-state index in [0.29, 0.717) is 0 Å². The number of esters is 1. The maximum absolute atomic E-state index is 11.4. The Labute approximate surface area is 110 Å². The molecule has 6 heteroatoms. The molecule has 3 aliphatic rings. The van der Waals surface area contributed by atoms with Gasteiger partial charge < -0.3 is 9.84 Å². The van der Waals surface area contributed by atoms with Crippen molar-refractivity contribution in [2.45, 2.75) is 17.4 Å². The predicted molar refractivity (Wildman–Crippen MR) is 48.8 cm³/mol. The zero-order chi connectivity index (χ0) is 10.0. The van der Waals surface area contributed by atoms with Crippen molar-refractivity contribution in [1.29, 1.82) is 0 Å². The molecule has 1 aliphatic heterocycles. The standard InChI is InChI=1S/C9H9BrO4.Ta/c10-6-2-1-3-5(4(2)8(11)12)9(13)14-7(3)6;/h2-7H,1H2,(H,11,12);. The van der Waals surface area contributed by atoms with Crippen LogP contribution in [0.2, 0.25) is 0 Å². The molecule has 15 heavy (non-hydrogen) atoms. The van der Waals surface area contributed by atoms with E-state index in [1.807, 2.05) is 0 Å². The topological polar surface area (TPSA) is 63.6 Å². The van der Waals surface area contributed by atoms with Crippen LogP contribution in [0.25, 0.3) is 0 Å². The molecule has 2 saturated carbocycles. The molecule has 1 saturated heterocycles. The van der Waals surface area contributed by atoms with Gasteiger partial charge in [0.1, 0.15) is 6.10 Å². The van der Waals surface area contributed by atoms with Crippen molar-refractivity contribution in [2.24, 2.45) is 23.7 Å². The monoisotopic (exact) mass is 441 g/mol. The number of ether oxygens (including phenoxy) is 1. The fraction of sp³-hybridized carbons (Fsp3) is 0.778. The molecule has 81 valence electrons. The normalized spacial score (nSPS) is 50.1. The van der Waals surface area contributed by atoms with Gasteiger partial charge in [0.2, 0.25) is 0 Å². The number of carbonyl (C=O) groups is 2. The number of alkyl halides is 1. The first-order valence-corrected chi connectivity index (χ1v) is 5.60. The first kappa shape index (κ1) is 11.6. The molecule has 0 aromatic rings. The van der Waals surface area contributed by atoms with Crippen molar-refractivity contribution < 1.29 is 41.8 Å². The van der Waals surface area contributed by atoms with Gasteiger partial charge in [-0.3, -0.25) is 9.59 Å². The third-order valence-corrected chi connectivity index (χ3v) is 5.01. The van der Waals surface area contributed by atoms with Gasteiger partial charge in [0.25, 0.3) is 0 Å². The average Bonchev–Trinajstić information content (AvgIpc) is 2.67. The Kier molecular flexibility index (Phi) is 2.78. The van der Waals surface area contributed by atoms with Gasteiger partial charge >= 0.3 is 11.9 Å². The SMILES string of the molecule is O=C(O)C1C2CC3C(OC(=O)C31)C2Br.[Ta]. The number of carboxylic acids is 1. The van der Waals surface area contributed by atoms with Gasteiger partial charge in [-0.15, -0.1) is 0 Å². The molecule has 2 bridgehead atoms. The first-order chi connectivity index (χ1) is 6.61. The van der Waals surface area contributed by atoms with Gasteiger partial charge in [-0.05, 0) is 12.3 Å². The molecule has 3 rings (SSSR count). The molecule has 1 heterocycles. The van der Waals surface area contributed by atoms with Crippen LogP contribution in [0.15, 0.2) is 0 Å². The van der Waals surface area contributed by atoms with Crippen LogP contribution in [0.3, 0.4) is 0 Å². The second-order valence-electron chi connectivity index (χ2n) is 4.30. The van der Waals surface area contributed by atoms with Crippen LogP contribution in [0, 0.1) is 23.7 Å². The van der Waals surface area contributed by atoms with Gasteiger partial charge in [-0.2, -0.15) is 0 Å². The second kappa shape index (κ2) is 3.58. The molecular formula is C9H9BrO4Ta. The van der Waals surface area contributed by atoms with E-state index in [-0.39, 0.29) is 57.0 Å². The summed E-state index contributed by atoms with van der Waals surface area (Å²) in [5.41, 5.74) is 0. The molecule has 4 nitrogen and oxygen atoms in total. The molecule has 2 aliphatic carbocycles. The number of carboxylic acid groups (broad SMARTS) is 1. The van der Waals surface area contributed by atoms with E-state index in [1.165, 1.54) is 0 Å². The van der Waals surface area contributed by atoms with E-state index >= 15 is 0 Å². The molecule has 6 unspecified atom stereocenters. The van der Waals surface area contributed by atoms with Crippen LogP contribution in [0.4, 0.5) is 0 Å². The fourth-order valence-corrected chi connectivity index (χ4v) is 4.35. The van der Waals surface area contributed by atoms with Gasteiger partial charge in [-0.1, -0.05) is 15.9 Å². The Bertz CT molecular complexity index is 334. The van der Waals surface area contributed by atoms with E-state index in [9.17, 15) is 9.59 Å². The van der Waals surface area contributed by atoms with E-state index < -0.39 is 11.9 Å². The summed E-state index contributed by atoms with van der Waals surface area (Å²) in [6.45, 7) is 0. The Morgan fingerprint density at radius 3 is 2.73 bits per heavy atom. The molecule has 6 atom stereocenters. The Hall–Kier alpha value is 0.160. The minimum absolute atomic E-state index is 0. The largest absolute Gasteiger partial charge is 0.481 e. The van der Waals surface area contributed by atoms with E-state index in [1.54, 1.807) is 0 Å². The zero-order valence-electron chi connectivity index (χ0n) is 7.67. The number of aliphatic carboxylic acids is 1. The van der Waals surface area contributed by atoms with Gasteiger partial charge in [0.05, 0.1) is 16.7 Å². The van der Waals surface area contributed by atoms with Crippen LogP contribution in [0.1, 0.15) is 6.42 Å². The van der Waals surface area contributed by atoms with Gasteiger partial charge in [0.15, 0.2) is 0 Å². The molecule has 0 spiro atoms. The van der Waals surface area contributed by atoms with Crippen LogP contribution < -0.4 is 0 Å². The van der Waals surface area contributed by atoms with Crippen molar-refractivity contribution in [2.75, 3.05) is 0 Å². The molecular weight excluding hydrogens is 433 g/mol. The molecule has 0 aromatic carbocycles. The first-order valence-electron chi connectivity index (χ1n) is 4.68. The molecule has 0 amide bonds. The zero-order valence-corrected chi connectivity index (χ0v) is 12.5. The second-order valence-corrected chi connectivity index (χ2v) is 5.36. The third-order valence-electron chi connectivity index (χ3n) is 3.81. The smallest absolute Gasteiger partial charge is 0.310 e. The van der Waals surface area contributed by atoms with Gasteiger partial charge in [-0.25, -0.2) is 0 Å². The Morgan fingerprint density at radius 1 is 1.47 bits per heavy atom. The average molecular weight is 442 g/mol. The summed E-state index contributed by atoms with van der Waals surface area (Å²) in [5, 5.41) is 9.06. The minimum Gasteiger partial charge on any atom is -0.481 e. The summed E-state index contributed by atoms with van der Waals surface area (Å²) in [6.07, 6.45) is 0.738. The Morgan fingerprint density at radius 2 is 2.13 bits per heavy atom. The molecule has 1 N–H and O–H groups in total. The van der Waals surface area contributed by atoms with Crippen molar-refractivity contribution >= 4 is 27.9 Å². The summed E-state index contributed by atoms with van der Waals surface area (Å²) < 4.78 is 5.18. The maximum Gasteiger partial charge on any atom is 0.310 e. The van der Waals surface area contributed by atoms with Crippen molar-refractivity contribution in [3.05, 3.63) is 0 Å². The van der Waals surface area contributed by atoms with Crippen LogP contribution in [-0.2, 0) is 36.7 Å². The van der Waals surface area contributed by atoms with Crippen molar-refractivity contribution in [1.82, 2.24) is 0 Å². The fourth-order valence-electron chi connectivity index (χ4n) is 3.31. The van der Waals surface area contributed by atoms with E-state index in [0.717, 1.165) is 6.42 Å². The van der Waals surface area contributed by atoms with Crippen LogP contribution >= 0.6 is 15.9 Å². The summed E-state index contributed by atoms with van der Waals surface area (Å²) >= 11 is 3.44. The number of hydrogen-bond donors (Lipinski definition) is 1. The predicted octanol–water partition coefficient (Wildman–Crippen LogP) is 0.639. The number of carbonyl (C=O) groups excluding carboxylic acids is 1. The maximum atomic E-state index is 11.4. The molecule has 3 fully saturated rings. The number of halogens is 1. The molecule has 1 radical (unpaired) electrons. The van der Waals surface area contributed by atoms with Crippen molar-refractivity contribution in [3.8, 4) is 0 Å².